The first-order chi connectivity index (χ1) is 9.08. The van der Waals surface area contributed by atoms with Crippen LogP contribution in [0.5, 0.6) is 5.75 Å². The van der Waals surface area contributed by atoms with Crippen molar-refractivity contribution < 1.29 is 19.4 Å². The van der Waals surface area contributed by atoms with Crippen LogP contribution in [0.4, 0.5) is 0 Å². The second kappa shape index (κ2) is 5.93. The monoisotopic (exact) mass is 283 g/mol. The van der Waals surface area contributed by atoms with Gasteiger partial charge in [0.25, 0.3) is 0 Å². The van der Waals surface area contributed by atoms with Gasteiger partial charge in [-0.3, -0.25) is 4.79 Å². The fourth-order valence-corrected chi connectivity index (χ4v) is 1.86. The molecular formula is C13H14ClNO4. The molecule has 0 unspecified atom stereocenters. The molecule has 1 aromatic rings. The topological polar surface area (TPSA) is 75.6 Å². The fourth-order valence-electron chi connectivity index (χ4n) is 1.61. The smallest absolute Gasteiger partial charge is 0.341 e. The highest BCUT2D eigenvalue weighted by Gasteiger charge is 2.23. The zero-order chi connectivity index (χ0) is 13.8. The molecule has 102 valence electrons. The zero-order valence-corrected chi connectivity index (χ0v) is 10.9. The van der Waals surface area contributed by atoms with Crippen molar-refractivity contribution in [2.75, 3.05) is 6.61 Å². The lowest BCUT2D eigenvalue weighted by Gasteiger charge is -2.10. The number of ether oxygens (including phenoxy) is 1. The van der Waals surface area contributed by atoms with Crippen LogP contribution >= 0.6 is 11.6 Å². The molecule has 6 heteroatoms. The van der Waals surface area contributed by atoms with Crippen molar-refractivity contribution in [3.63, 3.8) is 0 Å². The van der Waals surface area contributed by atoms with E-state index in [1.54, 1.807) is 6.07 Å². The number of carboxylic acids is 1. The fraction of sp³-hybridized carbons (Fsp3) is 0.385. The predicted octanol–water partition coefficient (Wildman–Crippen LogP) is 2.09. The number of carboxylic acid groups (broad SMARTS) is 1. The van der Waals surface area contributed by atoms with E-state index in [-0.39, 0.29) is 35.3 Å². The first kappa shape index (κ1) is 13.7. The molecule has 0 bridgehead atoms. The summed E-state index contributed by atoms with van der Waals surface area (Å²) < 4.78 is 5.33. The van der Waals surface area contributed by atoms with E-state index in [0.29, 0.717) is 6.04 Å². The average Bonchev–Trinajstić information content (AvgIpc) is 3.12. The Balaban J connectivity index is 1.89. The molecule has 19 heavy (non-hydrogen) atoms. The largest absolute Gasteiger partial charge is 0.492 e. The molecule has 1 aliphatic rings. The predicted molar refractivity (Wildman–Crippen MR) is 69.7 cm³/mol. The van der Waals surface area contributed by atoms with Crippen LogP contribution in [0.25, 0.3) is 0 Å². The van der Waals surface area contributed by atoms with Gasteiger partial charge < -0.3 is 15.2 Å². The van der Waals surface area contributed by atoms with E-state index in [9.17, 15) is 9.59 Å². The van der Waals surface area contributed by atoms with E-state index in [2.05, 4.69) is 5.32 Å². The molecule has 0 spiro atoms. The van der Waals surface area contributed by atoms with Gasteiger partial charge >= 0.3 is 5.97 Å². The number of halogens is 1. The number of carbonyl (C=O) groups is 2. The standard InChI is InChI=1S/C13H14ClNO4/c14-9-2-1-3-10(12(9)13(17)18)19-7-6-11(16)15-8-4-5-8/h1-3,8H,4-7H2,(H,15,16)(H,17,18). The van der Waals surface area contributed by atoms with Gasteiger partial charge in [0, 0.05) is 6.04 Å². The van der Waals surface area contributed by atoms with Crippen LogP contribution < -0.4 is 10.1 Å². The molecule has 0 atom stereocenters. The molecule has 1 aromatic carbocycles. The quantitative estimate of drug-likeness (QED) is 0.838. The highest BCUT2D eigenvalue weighted by Crippen LogP contribution is 2.26. The Morgan fingerprint density at radius 1 is 1.42 bits per heavy atom. The second-order valence-corrected chi connectivity index (χ2v) is 4.77. The van der Waals surface area contributed by atoms with Gasteiger partial charge in [0.1, 0.15) is 11.3 Å². The molecule has 0 saturated heterocycles. The molecule has 0 radical (unpaired) electrons. The third kappa shape index (κ3) is 3.86. The van der Waals surface area contributed by atoms with Crippen LogP contribution in [0.1, 0.15) is 29.6 Å². The number of carbonyl (C=O) groups excluding carboxylic acids is 1. The molecule has 1 aliphatic carbocycles. The number of nitrogens with one attached hydrogen (secondary N) is 1. The Morgan fingerprint density at radius 2 is 2.16 bits per heavy atom. The minimum atomic E-state index is -1.15. The maximum absolute atomic E-state index is 11.4. The average molecular weight is 284 g/mol. The Labute approximate surface area is 115 Å². The van der Waals surface area contributed by atoms with E-state index in [1.807, 2.05) is 0 Å². The summed E-state index contributed by atoms with van der Waals surface area (Å²) in [7, 11) is 0. The molecule has 2 rings (SSSR count). The van der Waals surface area contributed by atoms with E-state index in [1.165, 1.54) is 12.1 Å². The van der Waals surface area contributed by atoms with Gasteiger partial charge in [-0.2, -0.15) is 0 Å². The SMILES string of the molecule is O=C(CCOc1cccc(Cl)c1C(=O)O)NC1CC1. The minimum absolute atomic E-state index is 0.0771. The first-order valence-corrected chi connectivity index (χ1v) is 6.39. The highest BCUT2D eigenvalue weighted by atomic mass is 35.5. The van der Waals surface area contributed by atoms with Crippen molar-refractivity contribution in [1.82, 2.24) is 5.32 Å². The van der Waals surface area contributed by atoms with Crippen molar-refractivity contribution in [2.45, 2.75) is 25.3 Å². The van der Waals surface area contributed by atoms with Crippen LogP contribution in [0.15, 0.2) is 18.2 Å². The van der Waals surface area contributed by atoms with Crippen molar-refractivity contribution >= 4 is 23.5 Å². The number of benzene rings is 1. The van der Waals surface area contributed by atoms with Crippen LogP contribution in [-0.2, 0) is 4.79 Å². The maximum Gasteiger partial charge on any atom is 0.341 e. The molecule has 1 amide bonds. The summed E-state index contributed by atoms with van der Waals surface area (Å²) in [5, 5.41) is 12.0. The summed E-state index contributed by atoms with van der Waals surface area (Å²) in [6.45, 7) is 0.124. The van der Waals surface area contributed by atoms with Crippen molar-refractivity contribution in [2.24, 2.45) is 0 Å². The number of aromatic carboxylic acids is 1. The highest BCUT2D eigenvalue weighted by molar-refractivity contribution is 6.33. The molecule has 1 fully saturated rings. The third-order valence-electron chi connectivity index (χ3n) is 2.72. The summed E-state index contributed by atoms with van der Waals surface area (Å²) in [6, 6.07) is 4.92. The molecule has 0 aliphatic heterocycles. The lowest BCUT2D eigenvalue weighted by atomic mass is 10.2. The van der Waals surface area contributed by atoms with Crippen molar-refractivity contribution in [1.29, 1.82) is 0 Å². The third-order valence-corrected chi connectivity index (χ3v) is 3.03. The number of hydrogen-bond donors (Lipinski definition) is 2. The Hall–Kier alpha value is -1.75. The van der Waals surface area contributed by atoms with Gasteiger partial charge in [-0.1, -0.05) is 17.7 Å². The van der Waals surface area contributed by atoms with Crippen LogP contribution in [0.3, 0.4) is 0 Å². The van der Waals surface area contributed by atoms with Gasteiger partial charge in [0.15, 0.2) is 0 Å². The summed E-state index contributed by atoms with van der Waals surface area (Å²) in [5.41, 5.74) is -0.0771. The lowest BCUT2D eigenvalue weighted by Crippen LogP contribution is -2.26. The van der Waals surface area contributed by atoms with E-state index >= 15 is 0 Å². The molecular weight excluding hydrogens is 270 g/mol. The zero-order valence-electron chi connectivity index (χ0n) is 10.2. The number of hydrogen-bond acceptors (Lipinski definition) is 3. The van der Waals surface area contributed by atoms with Gasteiger partial charge in [-0.25, -0.2) is 4.79 Å². The summed E-state index contributed by atoms with van der Waals surface area (Å²) >= 11 is 5.80. The summed E-state index contributed by atoms with van der Waals surface area (Å²) in [6.07, 6.45) is 2.26. The summed E-state index contributed by atoms with van der Waals surface area (Å²) in [4.78, 5) is 22.5. The molecule has 0 aromatic heterocycles. The summed E-state index contributed by atoms with van der Waals surface area (Å²) in [5.74, 6) is -1.05. The van der Waals surface area contributed by atoms with Gasteiger partial charge in [0.2, 0.25) is 5.91 Å². The second-order valence-electron chi connectivity index (χ2n) is 4.36. The van der Waals surface area contributed by atoms with Crippen molar-refractivity contribution in [3.05, 3.63) is 28.8 Å². The van der Waals surface area contributed by atoms with Crippen LogP contribution in [0.2, 0.25) is 5.02 Å². The van der Waals surface area contributed by atoms with Gasteiger partial charge in [-0.05, 0) is 25.0 Å². The molecule has 0 heterocycles. The Morgan fingerprint density at radius 3 is 2.79 bits per heavy atom. The van der Waals surface area contributed by atoms with E-state index in [0.717, 1.165) is 12.8 Å². The number of amides is 1. The molecule has 2 N–H and O–H groups in total. The van der Waals surface area contributed by atoms with Crippen molar-refractivity contribution in [3.8, 4) is 5.75 Å². The van der Waals surface area contributed by atoms with E-state index in [4.69, 9.17) is 21.4 Å². The van der Waals surface area contributed by atoms with Gasteiger partial charge in [-0.15, -0.1) is 0 Å². The first-order valence-electron chi connectivity index (χ1n) is 6.02. The normalized spacial score (nSPS) is 13.9. The lowest BCUT2D eigenvalue weighted by molar-refractivity contribution is -0.121. The molecule has 5 nitrogen and oxygen atoms in total. The number of rotatable bonds is 6. The van der Waals surface area contributed by atoms with Gasteiger partial charge in [0.05, 0.1) is 18.1 Å². The minimum Gasteiger partial charge on any atom is -0.492 e. The van der Waals surface area contributed by atoms with E-state index < -0.39 is 5.97 Å². The van der Waals surface area contributed by atoms with Crippen LogP contribution in [-0.4, -0.2) is 29.6 Å². The molecule has 1 saturated carbocycles. The maximum atomic E-state index is 11.4. The Kier molecular flexibility index (Phi) is 4.27. The Bertz CT molecular complexity index is 499. The van der Waals surface area contributed by atoms with Crippen LogP contribution in [0, 0.1) is 0 Å².